The van der Waals surface area contributed by atoms with E-state index in [4.69, 9.17) is 20.8 Å². The first kappa shape index (κ1) is 36.3. The van der Waals surface area contributed by atoms with E-state index in [0.29, 0.717) is 12.6 Å². The van der Waals surface area contributed by atoms with Gasteiger partial charge in [-0.1, -0.05) is 37.6 Å². The number of aromatic nitrogens is 4. The Morgan fingerprint density at radius 2 is 1.80 bits per heavy atom. The molecule has 0 radical (unpaired) electrons. The van der Waals surface area contributed by atoms with Gasteiger partial charge in [-0.25, -0.2) is 18.3 Å². The highest BCUT2D eigenvalue weighted by atomic mass is 35.5. The lowest BCUT2D eigenvalue weighted by molar-refractivity contribution is -0.152. The predicted octanol–water partition coefficient (Wildman–Crippen LogP) is 6.71. The molecule has 0 N–H and O–H groups in total. The van der Waals surface area contributed by atoms with Crippen LogP contribution in [0, 0.1) is 11.6 Å². The molecule has 1 saturated heterocycles. The molecule has 2 aliphatic rings. The van der Waals surface area contributed by atoms with E-state index in [0.717, 1.165) is 16.8 Å². The lowest BCUT2D eigenvalue weighted by atomic mass is 9.92. The average Bonchev–Trinajstić information content (AvgIpc) is 3.68. The van der Waals surface area contributed by atoms with Gasteiger partial charge in [0.25, 0.3) is 0 Å². The van der Waals surface area contributed by atoms with Gasteiger partial charge in [0.1, 0.15) is 11.7 Å². The largest absolute Gasteiger partial charge is 0.456 e. The Labute approximate surface area is 284 Å². The van der Waals surface area contributed by atoms with Crippen LogP contribution in [0.4, 0.5) is 22.0 Å². The minimum atomic E-state index is -4.79. The lowest BCUT2D eigenvalue weighted by Gasteiger charge is -2.36. The number of amides is 1. The van der Waals surface area contributed by atoms with Crippen LogP contribution in [0.15, 0.2) is 36.7 Å². The van der Waals surface area contributed by atoms with E-state index in [1.165, 1.54) is 23.2 Å². The Morgan fingerprint density at radius 3 is 2.45 bits per heavy atom. The molecule has 49 heavy (non-hydrogen) atoms. The second kappa shape index (κ2) is 13.4. The Kier molecular flexibility index (Phi) is 9.89. The number of benzene rings is 1. The Morgan fingerprint density at radius 1 is 1.08 bits per heavy atom. The first-order valence-electron chi connectivity index (χ1n) is 15.3. The summed E-state index contributed by atoms with van der Waals surface area (Å²) in [5.41, 5.74) is -1.89. The third-order valence-corrected chi connectivity index (χ3v) is 14.0. The summed E-state index contributed by atoms with van der Waals surface area (Å²) in [5, 5.41) is 6.14. The number of fused-ring (bicyclic) bond motifs is 1. The summed E-state index contributed by atoms with van der Waals surface area (Å²) in [4.78, 5) is 44.7. The molecule has 1 unspecified atom stereocenters. The number of carbonyl (C=O) groups excluding carboxylic acids is 3. The minimum absolute atomic E-state index is 0.0293. The Balaban J connectivity index is 1.29. The monoisotopic (exact) mass is 725 g/mol. The van der Waals surface area contributed by atoms with Crippen LogP contribution in [0.5, 0.6) is 0 Å². The first-order valence-corrected chi connectivity index (χ1v) is 18.6. The van der Waals surface area contributed by atoms with Crippen LogP contribution < -0.4 is 0 Å². The fraction of sp³-hybridized carbons (Fsp3) is 0.438. The maximum atomic E-state index is 15.4. The number of hydrogen-bond acceptors (Lipinski definition) is 8. The van der Waals surface area contributed by atoms with Gasteiger partial charge in [0, 0.05) is 23.9 Å². The maximum Gasteiger partial charge on any atom is 0.436 e. The van der Waals surface area contributed by atoms with Gasteiger partial charge in [-0.15, -0.1) is 5.10 Å². The van der Waals surface area contributed by atoms with Crippen LogP contribution in [-0.4, -0.2) is 69.5 Å². The Bertz CT molecular complexity index is 1840. The Hall–Kier alpha value is -4.02. The number of esters is 1. The second-order valence-electron chi connectivity index (χ2n) is 13.4. The molecule has 3 aromatic rings. The molecule has 1 amide bonds. The summed E-state index contributed by atoms with van der Waals surface area (Å²) in [6, 6.07) is 1.91. The number of Topliss-reactive ketones (excluding diaryl/α,β-unsaturated/α-hetero) is 1. The number of ketones is 1. The highest BCUT2D eigenvalue weighted by Crippen LogP contribution is 2.41. The van der Waals surface area contributed by atoms with Crippen molar-refractivity contribution >= 4 is 43.2 Å². The zero-order chi connectivity index (χ0) is 36.1. The SMILES string of the molecule is CC(C)(C)[Si](C)(C)OCc1nccc(C(=O)COC(=O)[C@@H]2CCC3CC(c4c(-n5cc(C(F)(F)F)nn5)ccc(Cl)c4F)=CC(=O)N32)c1F. The van der Waals surface area contributed by atoms with Crippen molar-refractivity contribution in [3.63, 3.8) is 0 Å². The van der Waals surface area contributed by atoms with Crippen LogP contribution in [0.1, 0.15) is 67.3 Å². The van der Waals surface area contributed by atoms with Crippen molar-refractivity contribution in [3.8, 4) is 5.69 Å². The standard InChI is InChI=1S/C32H33ClF5N5O5Si/c1-31(2,3)49(4,5)48-15-21-28(34)19(10-11-39-21)24(44)16-47-30(46)23-8-6-18-12-17(13-26(45)43(18)23)27-22(9-7-20(33)29(27)35)42-14-25(40-41-42)32(36,37)38/h7,9-11,13-14,18,23H,6,8,12,15-16H2,1-5H3/t18?,23-/m0/s1. The van der Waals surface area contributed by atoms with Crippen LogP contribution in [-0.2, 0) is 31.5 Å². The summed E-state index contributed by atoms with van der Waals surface area (Å²) in [7, 11) is -2.24. The van der Waals surface area contributed by atoms with E-state index < -0.39 is 68.2 Å². The van der Waals surface area contributed by atoms with Gasteiger partial charge >= 0.3 is 12.1 Å². The molecule has 17 heteroatoms. The molecule has 10 nitrogen and oxygen atoms in total. The molecule has 2 aromatic heterocycles. The molecule has 0 aliphatic carbocycles. The molecule has 5 rings (SSSR count). The fourth-order valence-corrected chi connectivity index (χ4v) is 6.57. The number of hydrogen-bond donors (Lipinski definition) is 0. The highest BCUT2D eigenvalue weighted by molar-refractivity contribution is 6.74. The van der Waals surface area contributed by atoms with Gasteiger partial charge in [-0.05, 0) is 61.2 Å². The number of rotatable bonds is 9. The van der Waals surface area contributed by atoms with E-state index in [9.17, 15) is 27.6 Å². The lowest BCUT2D eigenvalue weighted by Crippen LogP contribution is -2.47. The number of carbonyl (C=O) groups is 3. The van der Waals surface area contributed by atoms with Gasteiger partial charge in [0.15, 0.2) is 32.3 Å². The normalized spacial score (nSPS) is 18.4. The molecule has 262 valence electrons. The third-order valence-electron chi connectivity index (χ3n) is 9.19. The van der Waals surface area contributed by atoms with Crippen molar-refractivity contribution in [1.82, 2.24) is 24.9 Å². The summed E-state index contributed by atoms with van der Waals surface area (Å²) in [6.07, 6.45) is -1.37. The van der Waals surface area contributed by atoms with Crippen LogP contribution in [0.2, 0.25) is 23.2 Å². The molecule has 2 aliphatic heterocycles. The molecule has 0 saturated carbocycles. The summed E-state index contributed by atoms with van der Waals surface area (Å²) >= 11 is 6.01. The van der Waals surface area contributed by atoms with Gasteiger partial charge in [0.2, 0.25) is 11.7 Å². The van der Waals surface area contributed by atoms with Crippen molar-refractivity contribution in [3.05, 3.63) is 75.8 Å². The number of ether oxygens (including phenoxy) is 1. The maximum absolute atomic E-state index is 15.4. The van der Waals surface area contributed by atoms with E-state index in [1.54, 1.807) is 0 Å². The minimum Gasteiger partial charge on any atom is -0.456 e. The van der Waals surface area contributed by atoms with Gasteiger partial charge in [-0.3, -0.25) is 14.6 Å². The van der Waals surface area contributed by atoms with Crippen molar-refractivity contribution in [2.45, 2.75) is 83.0 Å². The van der Waals surface area contributed by atoms with Crippen LogP contribution >= 0.6 is 11.6 Å². The molecule has 0 bridgehead atoms. The highest BCUT2D eigenvalue weighted by Gasteiger charge is 2.45. The van der Waals surface area contributed by atoms with Gasteiger partial charge < -0.3 is 14.1 Å². The zero-order valence-corrected chi connectivity index (χ0v) is 29.0. The molecule has 1 fully saturated rings. The van der Waals surface area contributed by atoms with Crippen molar-refractivity contribution in [2.24, 2.45) is 0 Å². The zero-order valence-electron chi connectivity index (χ0n) is 27.2. The number of pyridine rings is 1. The van der Waals surface area contributed by atoms with Crippen molar-refractivity contribution in [1.29, 1.82) is 0 Å². The summed E-state index contributed by atoms with van der Waals surface area (Å²) in [6.45, 7) is 9.17. The molecule has 0 spiro atoms. The first-order chi connectivity index (χ1) is 22.8. The van der Waals surface area contributed by atoms with Gasteiger partial charge in [-0.2, -0.15) is 13.2 Å². The molecular formula is C32H33ClF5N5O5Si. The number of alkyl halides is 3. The summed E-state index contributed by atoms with van der Waals surface area (Å²) < 4.78 is 82.3. The molecular weight excluding hydrogens is 693 g/mol. The quantitative estimate of drug-likeness (QED) is 0.104. The third kappa shape index (κ3) is 7.31. The average molecular weight is 726 g/mol. The number of nitrogens with zero attached hydrogens (tertiary/aromatic N) is 5. The second-order valence-corrected chi connectivity index (χ2v) is 18.6. The molecule has 1 aromatic carbocycles. The number of halogens is 6. The van der Waals surface area contributed by atoms with E-state index >= 15 is 8.78 Å². The summed E-state index contributed by atoms with van der Waals surface area (Å²) in [5.74, 6) is -4.21. The van der Waals surface area contributed by atoms with Crippen LogP contribution in [0.3, 0.4) is 0 Å². The van der Waals surface area contributed by atoms with Crippen molar-refractivity contribution < 1.29 is 45.5 Å². The van der Waals surface area contributed by atoms with Crippen LogP contribution in [0.25, 0.3) is 11.3 Å². The predicted molar refractivity (Wildman–Crippen MR) is 169 cm³/mol. The molecule has 2 atom stereocenters. The topological polar surface area (TPSA) is 117 Å². The van der Waals surface area contributed by atoms with E-state index in [1.807, 2.05) is 33.9 Å². The van der Waals surface area contributed by atoms with Gasteiger partial charge in [0.05, 0.1) is 29.1 Å². The fourth-order valence-electron chi connectivity index (χ4n) is 5.49. The van der Waals surface area contributed by atoms with Crippen molar-refractivity contribution in [2.75, 3.05) is 6.61 Å². The molecule has 4 heterocycles. The van der Waals surface area contributed by atoms with E-state index in [-0.39, 0.29) is 57.6 Å². The van der Waals surface area contributed by atoms with E-state index in [2.05, 4.69) is 15.3 Å². The smallest absolute Gasteiger partial charge is 0.436 e.